The first-order chi connectivity index (χ1) is 9.99. The van der Waals surface area contributed by atoms with Gasteiger partial charge in [-0.1, -0.05) is 0 Å². The van der Waals surface area contributed by atoms with Gasteiger partial charge in [-0.15, -0.1) is 0 Å². The van der Waals surface area contributed by atoms with Crippen molar-refractivity contribution in [3.8, 4) is 0 Å². The van der Waals surface area contributed by atoms with Gasteiger partial charge in [0, 0.05) is 23.9 Å². The van der Waals surface area contributed by atoms with Gasteiger partial charge in [-0.25, -0.2) is 9.00 Å². The normalized spacial score (nSPS) is 28.1. The van der Waals surface area contributed by atoms with Gasteiger partial charge in [0.1, 0.15) is 16.6 Å². The molecule has 0 aromatic heterocycles. The highest BCUT2D eigenvalue weighted by Crippen LogP contribution is 2.45. The van der Waals surface area contributed by atoms with Crippen LogP contribution in [-0.2, 0) is 15.7 Å². The van der Waals surface area contributed by atoms with Crippen LogP contribution >= 0.6 is 0 Å². The second-order valence-corrected chi connectivity index (χ2v) is 10.1. The predicted molar refractivity (Wildman–Crippen MR) is 88.3 cm³/mol. The Balaban J connectivity index is 2.14. The van der Waals surface area contributed by atoms with Crippen molar-refractivity contribution in [2.75, 3.05) is 0 Å². The van der Waals surface area contributed by atoms with Crippen LogP contribution in [0.4, 0.5) is 4.79 Å². The van der Waals surface area contributed by atoms with Gasteiger partial charge in [0.05, 0.1) is 4.75 Å². The fraction of sp³-hybridized carbons (Fsp3) is 0.812. The molecule has 0 aromatic rings. The number of hydrogen-bond donors (Lipinski definition) is 1. The number of nitrogens with one attached hydrogen (secondary N) is 1. The Labute approximate surface area is 136 Å². The summed E-state index contributed by atoms with van der Waals surface area (Å²) < 4.78 is 20.3. The molecule has 0 radical (unpaired) electrons. The van der Waals surface area contributed by atoms with E-state index >= 15 is 0 Å². The molecule has 1 N–H and O–H groups in total. The van der Waals surface area contributed by atoms with Crippen LogP contribution in [0.3, 0.4) is 0 Å². The molecule has 1 aliphatic carbocycles. The molecule has 2 fully saturated rings. The Bertz CT molecular complexity index is 503. The van der Waals surface area contributed by atoms with E-state index in [4.69, 9.17) is 4.74 Å². The monoisotopic (exact) mass is 328 g/mol. The molecular weight excluding hydrogens is 300 g/mol. The third kappa shape index (κ3) is 3.83. The standard InChI is InChI=1S/C16H28N2O3S/c1-15(2,3)21-14(19)18-12-8-7-11(9-12)13(18)10-17-22(20)16(4,5)6/h10-12,17H,7-9H2,1-6H3. The average molecular weight is 328 g/mol. The summed E-state index contributed by atoms with van der Waals surface area (Å²) in [7, 11) is -1.19. The minimum Gasteiger partial charge on any atom is -0.443 e. The maximum atomic E-state index is 12.5. The number of likely N-dealkylation sites (tertiary alicyclic amines) is 1. The molecule has 2 aliphatic rings. The van der Waals surface area contributed by atoms with Gasteiger partial charge >= 0.3 is 6.09 Å². The molecular formula is C16H28N2O3S. The number of allylic oxidation sites excluding steroid dienone is 1. The fourth-order valence-electron chi connectivity index (χ4n) is 2.91. The lowest BCUT2D eigenvalue weighted by molar-refractivity contribution is 0.0258. The van der Waals surface area contributed by atoms with Crippen LogP contribution in [0.15, 0.2) is 11.9 Å². The Kier molecular flexibility index (Phi) is 4.62. The molecule has 1 aliphatic heterocycles. The zero-order valence-electron chi connectivity index (χ0n) is 14.4. The lowest BCUT2D eigenvalue weighted by Crippen LogP contribution is -2.41. The Morgan fingerprint density at radius 2 is 1.91 bits per heavy atom. The lowest BCUT2D eigenvalue weighted by atomic mass is 10.1. The van der Waals surface area contributed by atoms with E-state index in [-0.39, 0.29) is 16.9 Å². The number of hydrogen-bond acceptors (Lipinski definition) is 3. The van der Waals surface area contributed by atoms with Crippen LogP contribution in [0, 0.1) is 5.92 Å². The smallest absolute Gasteiger partial charge is 0.414 e. The second kappa shape index (κ2) is 5.87. The van der Waals surface area contributed by atoms with Crippen molar-refractivity contribution in [3.63, 3.8) is 0 Å². The minimum absolute atomic E-state index is 0.218. The summed E-state index contributed by atoms with van der Waals surface area (Å²) in [5.41, 5.74) is 0.411. The highest BCUT2D eigenvalue weighted by atomic mass is 32.2. The molecule has 2 rings (SSSR count). The first-order valence-electron chi connectivity index (χ1n) is 7.89. The van der Waals surface area contributed by atoms with Crippen LogP contribution in [-0.4, -0.2) is 31.6 Å². The second-order valence-electron chi connectivity index (χ2n) is 8.08. The summed E-state index contributed by atoms with van der Waals surface area (Å²) in [5.74, 6) is 0.363. The Morgan fingerprint density at radius 3 is 2.45 bits per heavy atom. The van der Waals surface area contributed by atoms with Gasteiger partial charge in [0.25, 0.3) is 0 Å². The van der Waals surface area contributed by atoms with E-state index < -0.39 is 16.6 Å². The van der Waals surface area contributed by atoms with Crippen molar-refractivity contribution in [2.45, 2.75) is 77.2 Å². The molecule has 1 saturated heterocycles. The van der Waals surface area contributed by atoms with Gasteiger partial charge in [0.2, 0.25) is 0 Å². The summed E-state index contributed by atoms with van der Waals surface area (Å²) in [5, 5.41) is 0. The lowest BCUT2D eigenvalue weighted by Gasteiger charge is -2.32. The van der Waals surface area contributed by atoms with E-state index in [9.17, 15) is 9.00 Å². The Hall–Kier alpha value is -1.04. The molecule has 5 nitrogen and oxygen atoms in total. The summed E-state index contributed by atoms with van der Waals surface area (Å²) in [6, 6.07) is 0.218. The summed E-state index contributed by atoms with van der Waals surface area (Å²) in [6.07, 6.45) is 4.54. The van der Waals surface area contributed by atoms with Gasteiger partial charge < -0.3 is 9.46 Å². The topological polar surface area (TPSA) is 58.6 Å². The summed E-state index contributed by atoms with van der Waals surface area (Å²) in [4.78, 5) is 14.2. The van der Waals surface area contributed by atoms with Gasteiger partial charge in [-0.2, -0.15) is 0 Å². The van der Waals surface area contributed by atoms with Crippen LogP contribution < -0.4 is 4.72 Å². The van der Waals surface area contributed by atoms with Crippen molar-refractivity contribution in [1.82, 2.24) is 9.62 Å². The van der Waals surface area contributed by atoms with Crippen molar-refractivity contribution in [1.29, 1.82) is 0 Å². The quantitative estimate of drug-likeness (QED) is 0.846. The van der Waals surface area contributed by atoms with Crippen molar-refractivity contribution < 1.29 is 13.7 Å². The molecule has 0 aromatic carbocycles. The predicted octanol–water partition coefficient (Wildman–Crippen LogP) is 3.30. The molecule has 2 bridgehead atoms. The van der Waals surface area contributed by atoms with Crippen molar-refractivity contribution >= 4 is 17.1 Å². The number of rotatable bonds is 2. The first-order valence-corrected chi connectivity index (χ1v) is 9.04. The minimum atomic E-state index is -1.19. The van der Waals surface area contributed by atoms with E-state index in [0.29, 0.717) is 5.92 Å². The Morgan fingerprint density at radius 1 is 1.27 bits per heavy atom. The number of piperidine rings is 1. The molecule has 1 heterocycles. The highest BCUT2D eigenvalue weighted by Gasteiger charge is 2.46. The van der Waals surface area contributed by atoms with Gasteiger partial charge in [0.15, 0.2) is 0 Å². The van der Waals surface area contributed by atoms with Crippen molar-refractivity contribution in [3.05, 3.63) is 11.9 Å². The van der Waals surface area contributed by atoms with Crippen LogP contribution in [0.2, 0.25) is 0 Å². The molecule has 126 valence electrons. The zero-order valence-corrected chi connectivity index (χ0v) is 15.3. The number of carbonyl (C=O) groups is 1. The van der Waals surface area contributed by atoms with Crippen LogP contribution in [0.1, 0.15) is 60.8 Å². The maximum absolute atomic E-state index is 12.5. The third-order valence-electron chi connectivity index (χ3n) is 3.93. The molecule has 22 heavy (non-hydrogen) atoms. The molecule has 0 spiro atoms. The molecule has 1 saturated carbocycles. The molecule has 1 amide bonds. The number of nitrogens with zero attached hydrogens (tertiary/aromatic N) is 1. The number of fused-ring (bicyclic) bond motifs is 2. The first kappa shape index (κ1) is 17.3. The maximum Gasteiger partial charge on any atom is 0.414 e. The number of ether oxygens (including phenoxy) is 1. The summed E-state index contributed by atoms with van der Waals surface area (Å²) in [6.45, 7) is 11.4. The van der Waals surface area contributed by atoms with Crippen LogP contribution in [0.25, 0.3) is 0 Å². The number of carbonyl (C=O) groups excluding carboxylic acids is 1. The average Bonchev–Trinajstić information content (AvgIpc) is 2.92. The fourth-order valence-corrected chi connectivity index (χ4v) is 3.49. The molecule has 3 unspecified atom stereocenters. The van der Waals surface area contributed by atoms with E-state index in [1.807, 2.05) is 41.5 Å². The zero-order chi connectivity index (χ0) is 16.7. The van der Waals surface area contributed by atoms with Gasteiger partial charge in [-0.3, -0.25) is 4.90 Å². The van der Waals surface area contributed by atoms with Gasteiger partial charge in [-0.05, 0) is 60.8 Å². The number of amides is 1. The third-order valence-corrected chi connectivity index (χ3v) is 5.37. The van der Waals surface area contributed by atoms with E-state index in [1.165, 1.54) is 0 Å². The van der Waals surface area contributed by atoms with Crippen molar-refractivity contribution in [2.24, 2.45) is 5.92 Å². The van der Waals surface area contributed by atoms with E-state index in [2.05, 4.69) is 4.72 Å². The molecule has 3 atom stereocenters. The van der Waals surface area contributed by atoms with Crippen LogP contribution in [0.5, 0.6) is 0 Å². The highest BCUT2D eigenvalue weighted by molar-refractivity contribution is 7.84. The molecule has 6 heteroatoms. The summed E-state index contributed by atoms with van der Waals surface area (Å²) >= 11 is 0. The SMILES string of the molecule is CC(C)(C)OC(=O)N1C(=CNS(=O)C(C)(C)C)C2CCC1C2. The van der Waals surface area contributed by atoms with E-state index in [1.54, 1.807) is 11.1 Å². The van der Waals surface area contributed by atoms with E-state index in [0.717, 1.165) is 25.0 Å². The largest absolute Gasteiger partial charge is 0.443 e.